The summed E-state index contributed by atoms with van der Waals surface area (Å²) in [7, 11) is 0. The highest BCUT2D eigenvalue weighted by Gasteiger charge is 2.29. The molecule has 0 N–H and O–H groups in total. The molecule has 2 rings (SSSR count). The van der Waals surface area contributed by atoms with E-state index in [-0.39, 0.29) is 5.12 Å². The molecule has 1 aliphatic heterocycles. The summed E-state index contributed by atoms with van der Waals surface area (Å²) < 4.78 is 0. The second-order valence-electron chi connectivity index (χ2n) is 2.95. The van der Waals surface area contributed by atoms with Gasteiger partial charge in [0.05, 0.1) is 0 Å². The lowest BCUT2D eigenvalue weighted by Gasteiger charge is -2.37. The van der Waals surface area contributed by atoms with Crippen LogP contribution >= 0.6 is 23.1 Å². The average Bonchev–Trinajstić information content (AvgIpc) is 2.46. The van der Waals surface area contributed by atoms with Gasteiger partial charge in [-0.25, -0.2) is 4.98 Å². The van der Waals surface area contributed by atoms with Crippen molar-refractivity contribution in [3.05, 3.63) is 11.6 Å². The van der Waals surface area contributed by atoms with Crippen molar-refractivity contribution in [2.45, 2.75) is 12.2 Å². The van der Waals surface area contributed by atoms with Crippen LogP contribution in [-0.4, -0.2) is 28.4 Å². The Morgan fingerprint density at radius 1 is 1.77 bits per heavy atom. The third kappa shape index (κ3) is 2.03. The molecule has 1 saturated heterocycles. The molecule has 0 spiro atoms. The van der Waals surface area contributed by atoms with Gasteiger partial charge in [0.2, 0.25) is 0 Å². The van der Waals surface area contributed by atoms with Crippen LogP contribution < -0.4 is 4.90 Å². The fraction of sp³-hybridized carbons (Fsp3) is 0.500. The molecular weight excluding hydrogens is 204 g/mol. The smallest absolute Gasteiger partial charge is 0.186 e. The first-order chi connectivity index (χ1) is 6.25. The minimum absolute atomic E-state index is 0.212. The summed E-state index contributed by atoms with van der Waals surface area (Å²) in [6.07, 6.45) is 1.81. The summed E-state index contributed by atoms with van der Waals surface area (Å²) in [5.41, 5.74) is 0. The van der Waals surface area contributed by atoms with Crippen LogP contribution in [0, 0.1) is 0 Å². The van der Waals surface area contributed by atoms with Crippen LogP contribution in [0.3, 0.4) is 0 Å². The van der Waals surface area contributed by atoms with Crippen molar-refractivity contribution in [3.63, 3.8) is 0 Å². The van der Waals surface area contributed by atoms with Gasteiger partial charge in [0, 0.05) is 36.8 Å². The van der Waals surface area contributed by atoms with Crippen molar-refractivity contribution in [3.8, 4) is 0 Å². The molecule has 1 aromatic rings. The molecule has 0 aliphatic carbocycles. The Bertz CT molecular complexity index is 293. The molecule has 0 atom stereocenters. The standard InChI is InChI=1S/C8H10N2OS2/c1-6(11)13-7-4-10(5-7)8-9-2-3-12-8/h2-3,7H,4-5H2,1H3. The molecule has 0 aromatic carbocycles. The maximum Gasteiger partial charge on any atom is 0.186 e. The van der Waals surface area contributed by atoms with Crippen LogP contribution in [0.25, 0.3) is 0 Å². The Morgan fingerprint density at radius 2 is 2.54 bits per heavy atom. The van der Waals surface area contributed by atoms with Gasteiger partial charge in [0.25, 0.3) is 0 Å². The number of carbonyl (C=O) groups excluding carboxylic acids is 1. The van der Waals surface area contributed by atoms with Crippen molar-refractivity contribution in [2.75, 3.05) is 18.0 Å². The van der Waals surface area contributed by atoms with Crippen LogP contribution in [0.2, 0.25) is 0 Å². The SMILES string of the molecule is CC(=O)SC1CN(c2nccs2)C1. The molecule has 0 bridgehead atoms. The zero-order valence-corrected chi connectivity index (χ0v) is 8.90. The number of carbonyl (C=O) groups is 1. The highest BCUT2D eigenvalue weighted by Crippen LogP contribution is 2.29. The molecule has 2 heterocycles. The van der Waals surface area contributed by atoms with Crippen molar-refractivity contribution in [1.29, 1.82) is 0 Å². The Balaban J connectivity index is 1.82. The summed E-state index contributed by atoms with van der Waals surface area (Å²) >= 11 is 3.09. The lowest BCUT2D eigenvalue weighted by molar-refractivity contribution is -0.109. The number of nitrogens with zero attached hydrogens (tertiary/aromatic N) is 2. The number of hydrogen-bond donors (Lipinski definition) is 0. The van der Waals surface area contributed by atoms with Crippen LogP contribution in [0.4, 0.5) is 5.13 Å². The normalized spacial score (nSPS) is 17.2. The van der Waals surface area contributed by atoms with Gasteiger partial charge < -0.3 is 4.90 Å². The number of aromatic nitrogens is 1. The molecule has 1 fully saturated rings. The number of thioether (sulfide) groups is 1. The van der Waals surface area contributed by atoms with Crippen LogP contribution in [-0.2, 0) is 4.79 Å². The summed E-state index contributed by atoms with van der Waals surface area (Å²) in [4.78, 5) is 17.2. The molecular formula is C8H10N2OS2. The molecule has 13 heavy (non-hydrogen) atoms. The number of rotatable bonds is 2. The second kappa shape index (κ2) is 3.67. The lowest BCUT2D eigenvalue weighted by Crippen LogP contribution is -2.49. The number of thiazole rings is 1. The zero-order valence-electron chi connectivity index (χ0n) is 7.27. The van der Waals surface area contributed by atoms with Gasteiger partial charge in [0.15, 0.2) is 10.2 Å². The molecule has 1 aliphatic rings. The van der Waals surface area contributed by atoms with E-state index in [1.807, 2.05) is 11.6 Å². The van der Waals surface area contributed by atoms with E-state index in [2.05, 4.69) is 9.88 Å². The van der Waals surface area contributed by atoms with Gasteiger partial charge in [0.1, 0.15) is 0 Å². The van der Waals surface area contributed by atoms with Crippen LogP contribution in [0.1, 0.15) is 6.92 Å². The minimum Gasteiger partial charge on any atom is -0.346 e. The van der Waals surface area contributed by atoms with E-state index in [1.54, 1.807) is 18.3 Å². The van der Waals surface area contributed by atoms with Gasteiger partial charge in [-0.15, -0.1) is 11.3 Å². The van der Waals surface area contributed by atoms with E-state index >= 15 is 0 Å². The van der Waals surface area contributed by atoms with E-state index < -0.39 is 0 Å². The van der Waals surface area contributed by atoms with E-state index in [4.69, 9.17) is 0 Å². The maximum absolute atomic E-state index is 10.8. The predicted octanol–water partition coefficient (Wildman–Crippen LogP) is 1.61. The quantitative estimate of drug-likeness (QED) is 0.749. The predicted molar refractivity (Wildman–Crippen MR) is 56.4 cm³/mol. The van der Waals surface area contributed by atoms with Gasteiger partial charge >= 0.3 is 0 Å². The number of hydrogen-bond acceptors (Lipinski definition) is 5. The highest BCUT2D eigenvalue weighted by atomic mass is 32.2. The maximum atomic E-state index is 10.8. The third-order valence-electron chi connectivity index (χ3n) is 1.87. The summed E-state index contributed by atoms with van der Waals surface area (Å²) in [5.74, 6) is 0. The lowest BCUT2D eigenvalue weighted by atomic mass is 10.2. The second-order valence-corrected chi connectivity index (χ2v) is 5.30. The Labute approximate surface area is 85.2 Å². The zero-order chi connectivity index (χ0) is 9.26. The largest absolute Gasteiger partial charge is 0.346 e. The first kappa shape index (κ1) is 9.02. The first-order valence-corrected chi connectivity index (χ1v) is 5.83. The van der Waals surface area contributed by atoms with E-state index in [0.29, 0.717) is 5.25 Å². The highest BCUT2D eigenvalue weighted by molar-refractivity contribution is 8.14. The average molecular weight is 214 g/mol. The first-order valence-electron chi connectivity index (χ1n) is 4.07. The van der Waals surface area contributed by atoms with E-state index in [0.717, 1.165) is 18.2 Å². The molecule has 0 saturated carbocycles. The fourth-order valence-electron chi connectivity index (χ4n) is 1.28. The van der Waals surface area contributed by atoms with Gasteiger partial charge in [-0.1, -0.05) is 11.8 Å². The molecule has 70 valence electrons. The molecule has 0 unspecified atom stereocenters. The summed E-state index contributed by atoms with van der Waals surface area (Å²) in [5, 5.41) is 3.73. The van der Waals surface area contributed by atoms with Crippen molar-refractivity contribution in [1.82, 2.24) is 4.98 Å². The van der Waals surface area contributed by atoms with Gasteiger partial charge in [-0.05, 0) is 0 Å². The summed E-state index contributed by atoms with van der Waals surface area (Å²) in [6, 6.07) is 0. The third-order valence-corrected chi connectivity index (χ3v) is 3.67. The Kier molecular flexibility index (Phi) is 2.55. The van der Waals surface area contributed by atoms with Crippen LogP contribution in [0.15, 0.2) is 11.6 Å². The van der Waals surface area contributed by atoms with Crippen molar-refractivity contribution < 1.29 is 4.79 Å². The minimum atomic E-state index is 0.212. The Hall–Kier alpha value is -0.550. The molecule has 1 aromatic heterocycles. The number of anilines is 1. The molecule has 5 heteroatoms. The van der Waals surface area contributed by atoms with Gasteiger partial charge in [-0.2, -0.15) is 0 Å². The monoisotopic (exact) mass is 214 g/mol. The van der Waals surface area contributed by atoms with E-state index in [1.165, 1.54) is 11.8 Å². The van der Waals surface area contributed by atoms with Crippen molar-refractivity contribution in [2.24, 2.45) is 0 Å². The Morgan fingerprint density at radius 3 is 3.08 bits per heavy atom. The molecule has 0 radical (unpaired) electrons. The molecule has 0 amide bonds. The fourth-order valence-corrected chi connectivity index (χ4v) is 2.92. The van der Waals surface area contributed by atoms with Crippen molar-refractivity contribution >= 4 is 33.3 Å². The molecule has 3 nitrogen and oxygen atoms in total. The summed E-state index contributed by atoms with van der Waals surface area (Å²) in [6.45, 7) is 3.53. The van der Waals surface area contributed by atoms with Crippen LogP contribution in [0.5, 0.6) is 0 Å². The van der Waals surface area contributed by atoms with Gasteiger partial charge in [-0.3, -0.25) is 4.79 Å². The topological polar surface area (TPSA) is 33.2 Å². The van der Waals surface area contributed by atoms with E-state index in [9.17, 15) is 4.79 Å².